The van der Waals surface area contributed by atoms with Crippen molar-refractivity contribution in [2.45, 2.75) is 0 Å². The van der Waals surface area contributed by atoms with Crippen LogP contribution in [0.25, 0.3) is 11.1 Å². The first-order chi connectivity index (χ1) is 8.04. The van der Waals surface area contributed by atoms with Crippen LogP contribution in [-0.4, -0.2) is 9.13 Å². The van der Waals surface area contributed by atoms with Gasteiger partial charge in [0, 0.05) is 14.1 Å². The largest absolute Gasteiger partial charge is 0.384 e. The number of rotatable bonds is 1. The maximum Gasteiger partial charge on any atom is 0.332 e. The van der Waals surface area contributed by atoms with Gasteiger partial charge in [0.2, 0.25) is 0 Å². The molecule has 0 aliphatic rings. The molecular formula is C12H13N3O2. The summed E-state index contributed by atoms with van der Waals surface area (Å²) >= 11 is 0. The van der Waals surface area contributed by atoms with E-state index in [1.165, 1.54) is 11.6 Å². The van der Waals surface area contributed by atoms with E-state index in [4.69, 9.17) is 5.73 Å². The second-order valence-electron chi connectivity index (χ2n) is 3.83. The van der Waals surface area contributed by atoms with Gasteiger partial charge < -0.3 is 5.73 Å². The van der Waals surface area contributed by atoms with Crippen LogP contribution in [0.5, 0.6) is 0 Å². The van der Waals surface area contributed by atoms with Crippen LogP contribution in [-0.2, 0) is 14.1 Å². The monoisotopic (exact) mass is 231 g/mol. The molecule has 0 atom stereocenters. The zero-order valence-electron chi connectivity index (χ0n) is 9.68. The Labute approximate surface area is 97.7 Å². The van der Waals surface area contributed by atoms with Gasteiger partial charge in [0.15, 0.2) is 0 Å². The van der Waals surface area contributed by atoms with Crippen LogP contribution < -0.4 is 17.0 Å². The summed E-state index contributed by atoms with van der Waals surface area (Å²) in [6, 6.07) is 9.07. The molecule has 1 aromatic heterocycles. The van der Waals surface area contributed by atoms with Gasteiger partial charge in [-0.25, -0.2) is 4.79 Å². The lowest BCUT2D eigenvalue weighted by atomic mass is 10.1. The molecule has 0 saturated carbocycles. The van der Waals surface area contributed by atoms with Gasteiger partial charge in [0.05, 0.1) is 5.56 Å². The number of hydrogen-bond donors (Lipinski definition) is 1. The molecule has 2 N–H and O–H groups in total. The Morgan fingerprint density at radius 1 is 1.00 bits per heavy atom. The third-order valence-electron chi connectivity index (χ3n) is 2.77. The number of nitrogens with zero attached hydrogens (tertiary/aromatic N) is 2. The van der Waals surface area contributed by atoms with E-state index < -0.39 is 5.69 Å². The molecule has 88 valence electrons. The number of aromatic nitrogens is 2. The molecule has 1 heterocycles. The quantitative estimate of drug-likeness (QED) is 0.769. The molecule has 0 spiro atoms. The standard InChI is InChI=1S/C12H13N3O2/c1-14-10(13)9(8-6-4-3-5-7-8)11(16)15(2)12(14)17/h3-7H,13H2,1-2H3. The molecule has 0 amide bonds. The van der Waals surface area contributed by atoms with Gasteiger partial charge >= 0.3 is 5.69 Å². The second-order valence-corrected chi connectivity index (χ2v) is 3.83. The fraction of sp³-hybridized carbons (Fsp3) is 0.167. The van der Waals surface area contributed by atoms with Crippen molar-refractivity contribution < 1.29 is 0 Å². The van der Waals surface area contributed by atoms with Gasteiger partial charge in [0.25, 0.3) is 5.56 Å². The van der Waals surface area contributed by atoms with Crippen molar-refractivity contribution in [1.29, 1.82) is 0 Å². The number of anilines is 1. The van der Waals surface area contributed by atoms with Crippen LogP contribution in [0.1, 0.15) is 0 Å². The molecule has 1 aromatic carbocycles. The van der Waals surface area contributed by atoms with E-state index in [1.807, 2.05) is 18.2 Å². The summed E-state index contributed by atoms with van der Waals surface area (Å²) in [4.78, 5) is 23.7. The molecule has 17 heavy (non-hydrogen) atoms. The van der Waals surface area contributed by atoms with E-state index in [0.717, 1.165) is 4.57 Å². The van der Waals surface area contributed by atoms with Crippen LogP contribution >= 0.6 is 0 Å². The maximum atomic E-state index is 12.0. The first-order valence-electron chi connectivity index (χ1n) is 5.15. The van der Waals surface area contributed by atoms with E-state index in [1.54, 1.807) is 19.2 Å². The molecule has 5 heteroatoms. The Hall–Kier alpha value is -2.30. The highest BCUT2D eigenvalue weighted by Crippen LogP contribution is 2.19. The average molecular weight is 231 g/mol. The molecule has 0 radical (unpaired) electrons. The van der Waals surface area contributed by atoms with Gasteiger partial charge in [-0.3, -0.25) is 13.9 Å². The molecule has 0 bridgehead atoms. The lowest BCUT2D eigenvalue weighted by Crippen LogP contribution is -2.39. The molecule has 2 rings (SSSR count). The van der Waals surface area contributed by atoms with Crippen molar-refractivity contribution in [2.24, 2.45) is 14.1 Å². The fourth-order valence-electron chi connectivity index (χ4n) is 1.74. The van der Waals surface area contributed by atoms with Gasteiger partial charge in [-0.2, -0.15) is 0 Å². The molecule has 2 aromatic rings. The predicted molar refractivity (Wildman–Crippen MR) is 66.8 cm³/mol. The second kappa shape index (κ2) is 3.93. The predicted octanol–water partition coefficient (Wildman–Crippen LogP) is 0.333. The van der Waals surface area contributed by atoms with Gasteiger partial charge in [-0.15, -0.1) is 0 Å². The van der Waals surface area contributed by atoms with E-state index in [2.05, 4.69) is 0 Å². The Balaban J connectivity index is 2.90. The number of nitrogens with two attached hydrogens (primary N) is 1. The summed E-state index contributed by atoms with van der Waals surface area (Å²) in [7, 11) is 2.99. The number of hydrogen-bond acceptors (Lipinski definition) is 3. The van der Waals surface area contributed by atoms with Crippen molar-refractivity contribution in [1.82, 2.24) is 9.13 Å². The summed E-state index contributed by atoms with van der Waals surface area (Å²) in [6.45, 7) is 0. The fourth-order valence-corrected chi connectivity index (χ4v) is 1.74. The van der Waals surface area contributed by atoms with Crippen LogP contribution in [0.15, 0.2) is 39.9 Å². The topological polar surface area (TPSA) is 70.0 Å². The minimum absolute atomic E-state index is 0.185. The van der Waals surface area contributed by atoms with Crippen LogP contribution in [0.4, 0.5) is 5.82 Å². The lowest BCUT2D eigenvalue weighted by Gasteiger charge is -2.11. The van der Waals surface area contributed by atoms with Gasteiger partial charge in [-0.05, 0) is 5.56 Å². The highest BCUT2D eigenvalue weighted by atomic mass is 16.2. The first-order valence-corrected chi connectivity index (χ1v) is 5.15. The van der Waals surface area contributed by atoms with Crippen molar-refractivity contribution in [3.8, 4) is 11.1 Å². The molecule has 0 saturated heterocycles. The Kier molecular flexibility index (Phi) is 2.59. The van der Waals surface area contributed by atoms with Crippen molar-refractivity contribution >= 4 is 5.82 Å². The molecule has 0 aliphatic carbocycles. The van der Waals surface area contributed by atoms with Crippen molar-refractivity contribution in [3.63, 3.8) is 0 Å². The molecular weight excluding hydrogens is 218 g/mol. The molecule has 0 unspecified atom stereocenters. The summed E-state index contributed by atoms with van der Waals surface area (Å²) in [6.07, 6.45) is 0. The zero-order chi connectivity index (χ0) is 12.6. The van der Waals surface area contributed by atoms with Crippen LogP contribution in [0, 0.1) is 0 Å². The third-order valence-corrected chi connectivity index (χ3v) is 2.77. The van der Waals surface area contributed by atoms with Gasteiger partial charge in [0.1, 0.15) is 5.82 Å². The van der Waals surface area contributed by atoms with E-state index in [0.29, 0.717) is 11.1 Å². The third kappa shape index (κ3) is 1.65. The maximum absolute atomic E-state index is 12.0. The van der Waals surface area contributed by atoms with Crippen molar-refractivity contribution in [3.05, 3.63) is 51.2 Å². The van der Waals surface area contributed by atoms with Crippen molar-refractivity contribution in [2.75, 3.05) is 5.73 Å². The normalized spacial score (nSPS) is 10.5. The summed E-state index contributed by atoms with van der Waals surface area (Å²) in [5, 5.41) is 0. The molecule has 0 fully saturated rings. The van der Waals surface area contributed by atoms with E-state index in [9.17, 15) is 9.59 Å². The summed E-state index contributed by atoms with van der Waals surface area (Å²) in [5.41, 5.74) is 6.10. The molecule has 5 nitrogen and oxygen atoms in total. The zero-order valence-corrected chi connectivity index (χ0v) is 9.68. The first kappa shape index (κ1) is 11.2. The smallest absolute Gasteiger partial charge is 0.332 e. The Bertz CT molecular complexity index is 669. The summed E-state index contributed by atoms with van der Waals surface area (Å²) in [5.74, 6) is 0.185. The molecule has 0 aliphatic heterocycles. The van der Waals surface area contributed by atoms with Crippen LogP contribution in [0.3, 0.4) is 0 Å². The van der Waals surface area contributed by atoms with Gasteiger partial charge in [-0.1, -0.05) is 30.3 Å². The lowest BCUT2D eigenvalue weighted by molar-refractivity contribution is 0.697. The van der Waals surface area contributed by atoms with Crippen LogP contribution in [0.2, 0.25) is 0 Å². The highest BCUT2D eigenvalue weighted by molar-refractivity contribution is 5.72. The minimum atomic E-state index is -0.424. The van der Waals surface area contributed by atoms with E-state index >= 15 is 0 Å². The number of nitrogen functional groups attached to an aromatic ring is 1. The summed E-state index contributed by atoms with van der Waals surface area (Å²) < 4.78 is 2.32. The highest BCUT2D eigenvalue weighted by Gasteiger charge is 2.14. The Morgan fingerprint density at radius 2 is 1.59 bits per heavy atom. The SMILES string of the molecule is Cn1c(N)c(-c2ccccc2)c(=O)n(C)c1=O. The average Bonchev–Trinajstić information content (AvgIpc) is 2.36. The van der Waals surface area contributed by atoms with E-state index in [-0.39, 0.29) is 11.4 Å². The Morgan fingerprint density at radius 3 is 2.18 bits per heavy atom. The minimum Gasteiger partial charge on any atom is -0.384 e. The number of benzene rings is 1.